The second-order valence-corrected chi connectivity index (χ2v) is 19.9. The van der Waals surface area contributed by atoms with E-state index in [2.05, 4.69) is 81.5 Å². The summed E-state index contributed by atoms with van der Waals surface area (Å²) in [7, 11) is 0. The molecule has 0 saturated carbocycles. The lowest BCUT2D eigenvalue weighted by atomic mass is 10.0. The maximum Gasteiger partial charge on any atom is 0.306 e. The van der Waals surface area contributed by atoms with Crippen LogP contribution >= 0.6 is 0 Å². The van der Waals surface area contributed by atoms with E-state index in [9.17, 15) is 14.4 Å². The first-order chi connectivity index (χ1) is 34.0. The normalized spacial score (nSPS) is 12.4. The van der Waals surface area contributed by atoms with Crippen LogP contribution < -0.4 is 0 Å². The first-order valence-electron chi connectivity index (χ1n) is 29.8. The molecule has 0 heterocycles. The number of ether oxygens (including phenoxy) is 3. The van der Waals surface area contributed by atoms with E-state index in [1.165, 1.54) is 154 Å². The molecule has 0 aliphatic rings. The third-order valence-electron chi connectivity index (χ3n) is 13.0. The van der Waals surface area contributed by atoms with E-state index in [0.717, 1.165) is 109 Å². The lowest BCUT2D eigenvalue weighted by Crippen LogP contribution is -2.30. The van der Waals surface area contributed by atoms with E-state index in [-0.39, 0.29) is 31.1 Å². The molecule has 1 atom stereocenters. The summed E-state index contributed by atoms with van der Waals surface area (Å²) >= 11 is 0. The molecule has 0 bridgehead atoms. The van der Waals surface area contributed by atoms with Gasteiger partial charge in [0.15, 0.2) is 6.10 Å². The molecule has 69 heavy (non-hydrogen) atoms. The highest BCUT2D eigenvalue weighted by Gasteiger charge is 2.19. The molecule has 0 aromatic rings. The van der Waals surface area contributed by atoms with Gasteiger partial charge in [-0.15, -0.1) is 0 Å². The average molecular weight is 966 g/mol. The molecule has 0 unspecified atom stereocenters. The van der Waals surface area contributed by atoms with E-state index < -0.39 is 6.10 Å². The van der Waals surface area contributed by atoms with Crippen molar-refractivity contribution in [2.24, 2.45) is 0 Å². The standard InChI is InChI=1S/C63H112O6/c1-4-7-10-13-16-19-22-25-28-30-31-33-36-38-41-44-47-50-53-56-62(65)68-59-60(69-63(66)57-54-51-48-45-42-39-34-27-24-21-18-15-12-9-6-3)58-67-61(64)55-52-49-46-43-40-37-35-32-29-26-23-20-17-14-11-8-5-2/h17-18,20-21,26-27,29,34-35,37,60H,4-16,19,22-25,28,30-33,36,38-59H2,1-3H3/b20-17-,21-18-,29-26-,34-27-,37-35-/t60-/m1/s1. The SMILES string of the molecule is CCCCC/C=C\C/C=C\C/C=C\CCCCCCC(=O)OC[C@H](COC(=O)CCCCCCCCCCCCCCCCCCCCC)OC(=O)CCCCCCC/C=C\C/C=C\CCCCC. The van der Waals surface area contributed by atoms with Crippen LogP contribution in [0.2, 0.25) is 0 Å². The summed E-state index contributed by atoms with van der Waals surface area (Å²) in [5, 5.41) is 0. The Balaban J connectivity index is 4.39. The molecule has 0 saturated heterocycles. The molecule has 6 nitrogen and oxygen atoms in total. The van der Waals surface area contributed by atoms with Crippen LogP contribution in [0.5, 0.6) is 0 Å². The molecule has 0 aromatic carbocycles. The Hall–Kier alpha value is -2.89. The Morgan fingerprint density at radius 2 is 0.522 bits per heavy atom. The maximum atomic E-state index is 12.9. The molecule has 0 aliphatic heterocycles. The lowest BCUT2D eigenvalue weighted by molar-refractivity contribution is -0.167. The number of rotatable bonds is 54. The van der Waals surface area contributed by atoms with Crippen LogP contribution in [-0.2, 0) is 28.6 Å². The lowest BCUT2D eigenvalue weighted by Gasteiger charge is -2.18. The van der Waals surface area contributed by atoms with E-state index in [1.54, 1.807) is 0 Å². The van der Waals surface area contributed by atoms with Gasteiger partial charge in [-0.1, -0.05) is 255 Å². The monoisotopic (exact) mass is 965 g/mol. The van der Waals surface area contributed by atoms with Crippen molar-refractivity contribution >= 4 is 17.9 Å². The number of hydrogen-bond donors (Lipinski definition) is 0. The van der Waals surface area contributed by atoms with E-state index in [0.29, 0.717) is 19.3 Å². The Morgan fingerprint density at radius 3 is 0.841 bits per heavy atom. The smallest absolute Gasteiger partial charge is 0.306 e. The van der Waals surface area contributed by atoms with Crippen LogP contribution in [0.4, 0.5) is 0 Å². The second kappa shape index (κ2) is 57.7. The summed E-state index contributed by atoms with van der Waals surface area (Å²) < 4.78 is 16.9. The Morgan fingerprint density at radius 1 is 0.290 bits per heavy atom. The van der Waals surface area contributed by atoms with Crippen molar-refractivity contribution in [2.75, 3.05) is 13.2 Å². The second-order valence-electron chi connectivity index (χ2n) is 19.9. The quantitative estimate of drug-likeness (QED) is 0.0262. The van der Waals surface area contributed by atoms with Gasteiger partial charge in [0.1, 0.15) is 13.2 Å². The van der Waals surface area contributed by atoms with Gasteiger partial charge in [0, 0.05) is 19.3 Å². The molecule has 6 heteroatoms. The number of carbonyl (C=O) groups is 3. The molecule has 400 valence electrons. The van der Waals surface area contributed by atoms with Gasteiger partial charge >= 0.3 is 17.9 Å². The van der Waals surface area contributed by atoms with Crippen molar-refractivity contribution in [3.63, 3.8) is 0 Å². The number of esters is 3. The van der Waals surface area contributed by atoms with Crippen molar-refractivity contribution < 1.29 is 28.6 Å². The topological polar surface area (TPSA) is 78.9 Å². The molecule has 0 aliphatic carbocycles. The molecular weight excluding hydrogens is 853 g/mol. The zero-order valence-electron chi connectivity index (χ0n) is 45.8. The van der Waals surface area contributed by atoms with E-state index >= 15 is 0 Å². The van der Waals surface area contributed by atoms with Crippen LogP contribution in [-0.4, -0.2) is 37.2 Å². The van der Waals surface area contributed by atoms with Gasteiger partial charge in [-0.2, -0.15) is 0 Å². The van der Waals surface area contributed by atoms with Gasteiger partial charge in [-0.05, 0) is 89.9 Å². The molecule has 0 amide bonds. The number of hydrogen-bond acceptors (Lipinski definition) is 6. The Kier molecular flexibility index (Phi) is 55.3. The van der Waals surface area contributed by atoms with Crippen LogP contribution in [0.3, 0.4) is 0 Å². The van der Waals surface area contributed by atoms with Crippen molar-refractivity contribution in [1.29, 1.82) is 0 Å². The summed E-state index contributed by atoms with van der Waals surface area (Å²) in [5.74, 6) is -0.907. The molecule has 0 rings (SSSR count). The number of allylic oxidation sites excluding steroid dienone is 10. The van der Waals surface area contributed by atoms with Gasteiger partial charge in [-0.25, -0.2) is 0 Å². The average Bonchev–Trinajstić information content (AvgIpc) is 3.35. The van der Waals surface area contributed by atoms with Crippen molar-refractivity contribution in [3.05, 3.63) is 60.8 Å². The minimum atomic E-state index is -0.790. The largest absolute Gasteiger partial charge is 0.462 e. The summed E-state index contributed by atoms with van der Waals surface area (Å²) in [6.45, 7) is 6.59. The third-order valence-corrected chi connectivity index (χ3v) is 13.0. The fraction of sp³-hybridized carbons (Fsp3) is 0.794. The molecule has 0 N–H and O–H groups in total. The molecule has 0 fully saturated rings. The maximum absolute atomic E-state index is 12.9. The zero-order chi connectivity index (χ0) is 50.0. The highest BCUT2D eigenvalue weighted by atomic mass is 16.6. The van der Waals surface area contributed by atoms with Gasteiger partial charge < -0.3 is 14.2 Å². The van der Waals surface area contributed by atoms with E-state index in [4.69, 9.17) is 14.2 Å². The highest BCUT2D eigenvalue weighted by Crippen LogP contribution is 2.16. The summed E-state index contributed by atoms with van der Waals surface area (Å²) in [5.41, 5.74) is 0. The third kappa shape index (κ3) is 55.9. The highest BCUT2D eigenvalue weighted by molar-refractivity contribution is 5.71. The number of unbranched alkanes of at least 4 members (excludes halogenated alkanes) is 33. The van der Waals surface area contributed by atoms with Gasteiger partial charge in [0.25, 0.3) is 0 Å². The summed E-state index contributed by atoms with van der Waals surface area (Å²) in [6, 6.07) is 0. The summed E-state index contributed by atoms with van der Waals surface area (Å²) in [6.07, 6.45) is 72.1. The van der Waals surface area contributed by atoms with Crippen molar-refractivity contribution in [1.82, 2.24) is 0 Å². The molecular formula is C63H112O6. The van der Waals surface area contributed by atoms with Crippen LogP contribution in [0.1, 0.15) is 303 Å². The minimum Gasteiger partial charge on any atom is -0.462 e. The molecule has 0 aromatic heterocycles. The first kappa shape index (κ1) is 66.1. The fourth-order valence-corrected chi connectivity index (χ4v) is 8.48. The molecule has 0 radical (unpaired) electrons. The minimum absolute atomic E-state index is 0.0847. The van der Waals surface area contributed by atoms with Crippen molar-refractivity contribution in [3.8, 4) is 0 Å². The Bertz CT molecular complexity index is 1250. The Labute approximate surface area is 428 Å². The van der Waals surface area contributed by atoms with E-state index in [1.807, 2.05) is 0 Å². The van der Waals surface area contributed by atoms with Gasteiger partial charge in [0.05, 0.1) is 0 Å². The zero-order valence-corrected chi connectivity index (χ0v) is 45.8. The predicted octanol–water partition coefficient (Wildman–Crippen LogP) is 20.0. The fourth-order valence-electron chi connectivity index (χ4n) is 8.48. The summed E-state index contributed by atoms with van der Waals surface area (Å²) in [4.78, 5) is 38.2. The van der Waals surface area contributed by atoms with Gasteiger partial charge in [0.2, 0.25) is 0 Å². The first-order valence-corrected chi connectivity index (χ1v) is 29.8. The van der Waals surface area contributed by atoms with Crippen LogP contribution in [0.25, 0.3) is 0 Å². The van der Waals surface area contributed by atoms with Crippen LogP contribution in [0, 0.1) is 0 Å². The van der Waals surface area contributed by atoms with Crippen molar-refractivity contribution in [2.45, 2.75) is 309 Å². The van der Waals surface area contributed by atoms with Crippen LogP contribution in [0.15, 0.2) is 60.8 Å². The number of carbonyl (C=O) groups excluding carboxylic acids is 3. The van der Waals surface area contributed by atoms with Gasteiger partial charge in [-0.3, -0.25) is 14.4 Å². The molecule has 0 spiro atoms. The predicted molar refractivity (Wildman–Crippen MR) is 298 cm³/mol.